The molecule has 0 aliphatic carbocycles. The summed E-state index contributed by atoms with van der Waals surface area (Å²) in [5.41, 5.74) is 16.4. The molecule has 3 heterocycles. The van der Waals surface area contributed by atoms with Gasteiger partial charge in [-0.1, -0.05) is 18.2 Å². The van der Waals surface area contributed by atoms with Crippen molar-refractivity contribution >= 4 is 28.6 Å². The van der Waals surface area contributed by atoms with Crippen molar-refractivity contribution in [2.75, 3.05) is 37.8 Å². The van der Waals surface area contributed by atoms with Gasteiger partial charge in [-0.25, -0.2) is 19.3 Å². The van der Waals surface area contributed by atoms with E-state index in [1.807, 2.05) is 28.8 Å². The smallest absolute Gasteiger partial charge is 0.243 e. The van der Waals surface area contributed by atoms with Gasteiger partial charge in [-0.05, 0) is 53.8 Å². The Morgan fingerprint density at radius 3 is 2.72 bits per heavy atom. The Balaban J connectivity index is 1.58. The molecule has 10 heteroatoms. The van der Waals surface area contributed by atoms with Crippen LogP contribution in [0.25, 0.3) is 22.3 Å². The molecular weight excluding hydrogens is 459 g/mol. The molecule has 0 saturated carbocycles. The summed E-state index contributed by atoms with van der Waals surface area (Å²) in [6.07, 6.45) is 4.52. The van der Waals surface area contributed by atoms with Gasteiger partial charge in [0.1, 0.15) is 23.2 Å². The summed E-state index contributed by atoms with van der Waals surface area (Å²) in [4.78, 5) is 29.4. The zero-order valence-electron chi connectivity index (χ0n) is 20.4. The van der Waals surface area contributed by atoms with E-state index < -0.39 is 5.54 Å². The van der Waals surface area contributed by atoms with Crippen LogP contribution >= 0.6 is 0 Å². The first-order valence-electron chi connectivity index (χ1n) is 11.8. The average Bonchev–Trinajstić information content (AvgIpc) is 3.27. The number of carbonyl (C=O) groups is 1. The Hall–Kier alpha value is -4.05. The fourth-order valence-electron chi connectivity index (χ4n) is 4.98. The number of fused-ring (bicyclic) bond motifs is 1. The van der Waals surface area contributed by atoms with E-state index in [1.54, 1.807) is 31.4 Å². The molecule has 1 aliphatic heterocycles. The first-order valence-corrected chi connectivity index (χ1v) is 11.8. The lowest BCUT2D eigenvalue weighted by atomic mass is 9.88. The molecule has 1 aliphatic rings. The number of amides is 1. The molecule has 9 nitrogen and oxygen atoms in total. The van der Waals surface area contributed by atoms with Gasteiger partial charge >= 0.3 is 0 Å². The number of rotatable bonds is 5. The third-order valence-electron chi connectivity index (χ3n) is 6.70. The molecule has 1 atom stereocenters. The maximum atomic E-state index is 14.0. The van der Waals surface area contributed by atoms with Crippen molar-refractivity contribution in [2.24, 2.45) is 5.73 Å². The summed E-state index contributed by atoms with van der Waals surface area (Å²) in [5.74, 6) is -0.0615. The van der Waals surface area contributed by atoms with Gasteiger partial charge in [0, 0.05) is 32.9 Å². The molecule has 1 unspecified atom stereocenters. The van der Waals surface area contributed by atoms with Crippen LogP contribution in [-0.2, 0) is 11.3 Å². The number of nitrogen functional groups attached to an aromatic ring is 1. The number of hydrogen-bond acceptors (Lipinski definition) is 7. The molecule has 36 heavy (non-hydrogen) atoms. The molecule has 1 fully saturated rings. The molecule has 4 N–H and O–H groups in total. The van der Waals surface area contributed by atoms with E-state index in [4.69, 9.17) is 11.5 Å². The van der Waals surface area contributed by atoms with Crippen LogP contribution in [0.5, 0.6) is 0 Å². The second kappa shape index (κ2) is 9.19. The van der Waals surface area contributed by atoms with Crippen LogP contribution in [0.2, 0.25) is 0 Å². The third-order valence-corrected chi connectivity index (χ3v) is 6.70. The Morgan fingerprint density at radius 1 is 1.14 bits per heavy atom. The topological polar surface area (TPSA) is 119 Å². The maximum Gasteiger partial charge on any atom is 0.243 e. The summed E-state index contributed by atoms with van der Waals surface area (Å²) < 4.78 is 15.9. The summed E-state index contributed by atoms with van der Waals surface area (Å²) >= 11 is 0. The number of nitrogens with zero attached hydrogens (tertiary/aromatic N) is 6. The van der Waals surface area contributed by atoms with Gasteiger partial charge in [0.2, 0.25) is 5.91 Å². The fourth-order valence-corrected chi connectivity index (χ4v) is 4.98. The predicted molar refractivity (Wildman–Crippen MR) is 138 cm³/mol. The van der Waals surface area contributed by atoms with Gasteiger partial charge in [-0.3, -0.25) is 4.79 Å². The number of nitrogens with two attached hydrogens (primary N) is 2. The van der Waals surface area contributed by atoms with Crippen molar-refractivity contribution in [3.05, 3.63) is 66.5 Å². The van der Waals surface area contributed by atoms with Crippen LogP contribution in [-0.4, -0.2) is 63.0 Å². The minimum absolute atomic E-state index is 0.0853. The fraction of sp³-hybridized carbons (Fsp3) is 0.308. The van der Waals surface area contributed by atoms with Gasteiger partial charge in [0.25, 0.3) is 0 Å². The van der Waals surface area contributed by atoms with E-state index >= 15 is 0 Å². The van der Waals surface area contributed by atoms with Crippen LogP contribution < -0.4 is 16.4 Å². The first kappa shape index (κ1) is 23.7. The Kier molecular flexibility index (Phi) is 6.05. The monoisotopic (exact) mass is 488 g/mol. The molecule has 2 aromatic carbocycles. The third kappa shape index (κ3) is 4.35. The van der Waals surface area contributed by atoms with Crippen molar-refractivity contribution in [2.45, 2.75) is 24.9 Å². The number of benzene rings is 2. The quantitative estimate of drug-likeness (QED) is 0.443. The molecule has 4 aromatic rings. The van der Waals surface area contributed by atoms with Crippen LogP contribution in [0.1, 0.15) is 18.4 Å². The van der Waals surface area contributed by atoms with Crippen molar-refractivity contribution in [3.63, 3.8) is 0 Å². The molecule has 1 amide bonds. The largest absolute Gasteiger partial charge is 0.382 e. The zero-order valence-corrected chi connectivity index (χ0v) is 20.4. The van der Waals surface area contributed by atoms with Crippen molar-refractivity contribution in [1.82, 2.24) is 24.4 Å². The van der Waals surface area contributed by atoms with E-state index in [0.717, 1.165) is 35.3 Å². The Bertz CT molecular complexity index is 1430. The van der Waals surface area contributed by atoms with E-state index in [0.29, 0.717) is 36.5 Å². The highest BCUT2D eigenvalue weighted by atomic mass is 19.1. The summed E-state index contributed by atoms with van der Waals surface area (Å²) in [6, 6.07) is 12.6. The number of carbonyl (C=O) groups excluding carboxylic acids is 1. The highest BCUT2D eigenvalue weighted by Crippen LogP contribution is 2.33. The molecule has 0 spiro atoms. The van der Waals surface area contributed by atoms with Gasteiger partial charge in [-0.2, -0.15) is 0 Å². The van der Waals surface area contributed by atoms with Gasteiger partial charge in [0.05, 0.1) is 12.9 Å². The van der Waals surface area contributed by atoms with E-state index in [2.05, 4.69) is 19.9 Å². The lowest BCUT2D eigenvalue weighted by Gasteiger charge is -2.42. The second-order valence-corrected chi connectivity index (χ2v) is 9.54. The molecular formula is C26H29FN8O. The lowest BCUT2D eigenvalue weighted by molar-refractivity contribution is -0.134. The maximum absolute atomic E-state index is 14.0. The number of likely N-dealkylation sites (N-methyl/N-ethyl adjacent to an activating group) is 1. The number of imidazole rings is 1. The molecule has 0 bridgehead atoms. The molecule has 5 rings (SSSR count). The minimum Gasteiger partial charge on any atom is -0.382 e. The summed E-state index contributed by atoms with van der Waals surface area (Å²) in [7, 11) is 3.46. The second-order valence-electron chi connectivity index (χ2n) is 9.54. The van der Waals surface area contributed by atoms with Crippen LogP contribution in [0.3, 0.4) is 0 Å². The average molecular weight is 489 g/mol. The number of aromatic nitrogens is 4. The number of hydrogen-bond donors (Lipinski definition) is 2. The standard InChI is InChI=1S/C26H29FN8O/c1-33(2)25(36)26(29)9-4-10-34(14-26)21-8-7-18(17-5-3-6-20(27)12-17)11-19(21)13-35-16-32-22-23(28)30-15-31-24(22)35/h3,5-8,11-12,15-16H,4,9-10,13-14,29H2,1-2H3,(H2,28,30,31). The van der Waals surface area contributed by atoms with Crippen molar-refractivity contribution in [1.29, 1.82) is 0 Å². The van der Waals surface area contributed by atoms with Gasteiger partial charge in [-0.15, -0.1) is 0 Å². The van der Waals surface area contributed by atoms with Crippen LogP contribution in [0.15, 0.2) is 55.1 Å². The number of piperidine rings is 1. The number of halogens is 1. The van der Waals surface area contributed by atoms with Gasteiger partial charge < -0.3 is 25.8 Å². The predicted octanol–water partition coefficient (Wildman–Crippen LogP) is 2.65. The van der Waals surface area contributed by atoms with Crippen LogP contribution in [0, 0.1) is 5.82 Å². The van der Waals surface area contributed by atoms with E-state index in [1.165, 1.54) is 18.5 Å². The van der Waals surface area contributed by atoms with Crippen LogP contribution in [0.4, 0.5) is 15.9 Å². The SMILES string of the molecule is CN(C)C(=O)C1(N)CCCN(c2ccc(-c3cccc(F)c3)cc2Cn2cnc3c(N)ncnc32)C1. The Morgan fingerprint density at radius 2 is 1.94 bits per heavy atom. The number of anilines is 2. The zero-order chi connectivity index (χ0) is 25.4. The summed E-state index contributed by atoms with van der Waals surface area (Å²) in [6.45, 7) is 1.61. The highest BCUT2D eigenvalue weighted by Gasteiger charge is 2.40. The molecule has 1 saturated heterocycles. The van der Waals surface area contributed by atoms with Crippen molar-refractivity contribution < 1.29 is 9.18 Å². The van der Waals surface area contributed by atoms with E-state index in [9.17, 15) is 9.18 Å². The van der Waals surface area contributed by atoms with E-state index in [-0.39, 0.29) is 11.7 Å². The van der Waals surface area contributed by atoms with Crippen molar-refractivity contribution in [3.8, 4) is 11.1 Å². The highest BCUT2D eigenvalue weighted by molar-refractivity contribution is 5.87. The molecule has 0 radical (unpaired) electrons. The summed E-state index contributed by atoms with van der Waals surface area (Å²) in [5, 5.41) is 0. The van der Waals surface area contributed by atoms with Gasteiger partial charge in [0.15, 0.2) is 11.5 Å². The first-order chi connectivity index (χ1) is 17.2. The Labute approximate surface area is 208 Å². The molecule has 186 valence electrons. The molecule has 2 aromatic heterocycles. The minimum atomic E-state index is -0.969. The lowest BCUT2D eigenvalue weighted by Crippen LogP contribution is -2.62. The normalized spacial score (nSPS) is 17.9.